The van der Waals surface area contributed by atoms with Crippen molar-refractivity contribution in [2.24, 2.45) is 0 Å². The first-order chi connectivity index (χ1) is 11.5. The highest BCUT2D eigenvalue weighted by atomic mass is 35.5. The van der Waals surface area contributed by atoms with Crippen LogP contribution in [0.2, 0.25) is 10.0 Å². The molecule has 0 fully saturated rings. The highest BCUT2D eigenvalue weighted by Gasteiger charge is 2.11. The van der Waals surface area contributed by atoms with Crippen LogP contribution < -0.4 is 15.6 Å². The molecule has 3 aromatic rings. The summed E-state index contributed by atoms with van der Waals surface area (Å²) in [4.78, 5) is 26.6. The molecule has 2 amide bonds. The summed E-state index contributed by atoms with van der Waals surface area (Å²) in [7, 11) is 0. The molecular weight excluding hydrogens is 353 g/mol. The summed E-state index contributed by atoms with van der Waals surface area (Å²) >= 11 is 11.6. The van der Waals surface area contributed by atoms with E-state index >= 15 is 0 Å². The Hall–Kier alpha value is -2.70. The predicted octanol–water partition coefficient (Wildman–Crippen LogP) is 3.91. The fourth-order valence-electron chi connectivity index (χ4n) is 2.04. The minimum Gasteiger partial charge on any atom is -0.409 e. The number of ether oxygens (including phenoxy) is 1. The molecule has 0 bridgehead atoms. The molecule has 2 aromatic carbocycles. The third kappa shape index (κ3) is 3.79. The molecular formula is C16H11Cl2N3O3. The number of benzene rings is 2. The number of nitrogens with one attached hydrogen (secondary N) is 3. The van der Waals surface area contributed by atoms with Crippen molar-refractivity contribution in [1.82, 2.24) is 15.8 Å². The molecule has 3 N–H and O–H groups in total. The van der Waals surface area contributed by atoms with Gasteiger partial charge in [-0.25, -0.2) is 10.2 Å². The number of fused-ring (bicyclic) bond motifs is 1. The molecule has 8 heteroatoms. The van der Waals surface area contributed by atoms with E-state index in [-0.39, 0.29) is 5.69 Å². The molecule has 0 saturated carbocycles. The number of rotatable bonds is 2. The topological polar surface area (TPSA) is 83.2 Å². The number of amides is 2. The van der Waals surface area contributed by atoms with Crippen molar-refractivity contribution in [3.8, 4) is 5.75 Å². The van der Waals surface area contributed by atoms with Crippen LogP contribution in [0.15, 0.2) is 48.5 Å². The van der Waals surface area contributed by atoms with Crippen molar-refractivity contribution < 1.29 is 14.3 Å². The summed E-state index contributed by atoms with van der Waals surface area (Å²) in [6, 6.07) is 13.1. The first-order valence-corrected chi connectivity index (χ1v) is 7.59. The van der Waals surface area contributed by atoms with Gasteiger partial charge < -0.3 is 9.72 Å². The van der Waals surface area contributed by atoms with Gasteiger partial charge in [-0.05, 0) is 48.5 Å². The lowest BCUT2D eigenvalue weighted by Crippen LogP contribution is -2.43. The number of H-pyrrole nitrogens is 1. The van der Waals surface area contributed by atoms with E-state index in [1.54, 1.807) is 36.4 Å². The molecule has 0 atom stereocenters. The number of carbonyl (C=O) groups excluding carboxylic acids is 2. The Kier molecular flexibility index (Phi) is 4.59. The Morgan fingerprint density at radius 1 is 0.917 bits per heavy atom. The van der Waals surface area contributed by atoms with E-state index in [0.717, 1.165) is 10.9 Å². The van der Waals surface area contributed by atoms with Crippen LogP contribution in [-0.2, 0) is 0 Å². The normalized spacial score (nSPS) is 10.4. The first kappa shape index (κ1) is 16.2. The number of aromatic nitrogens is 1. The van der Waals surface area contributed by atoms with Gasteiger partial charge in [-0.3, -0.25) is 10.2 Å². The standard InChI is InChI=1S/C16H11Cl2N3O3/c17-10-1-4-12(5-2-10)24-16(23)21-20-15(22)14-8-9-7-11(18)3-6-13(9)19-14/h1-8,19H,(H,20,22)(H,21,23). The van der Waals surface area contributed by atoms with E-state index in [9.17, 15) is 9.59 Å². The number of halogens is 2. The number of carbonyl (C=O) groups is 2. The lowest BCUT2D eigenvalue weighted by Gasteiger charge is -2.07. The molecule has 1 heterocycles. The van der Waals surface area contributed by atoms with Gasteiger partial charge in [0.05, 0.1) is 0 Å². The molecule has 0 aliphatic rings. The van der Waals surface area contributed by atoms with Gasteiger partial charge in [0, 0.05) is 20.9 Å². The maximum absolute atomic E-state index is 12.0. The van der Waals surface area contributed by atoms with Crippen molar-refractivity contribution in [3.63, 3.8) is 0 Å². The number of aromatic amines is 1. The zero-order chi connectivity index (χ0) is 17.1. The Bertz CT molecular complexity index is 907. The summed E-state index contributed by atoms with van der Waals surface area (Å²) in [5.41, 5.74) is 5.45. The van der Waals surface area contributed by atoms with E-state index in [2.05, 4.69) is 15.8 Å². The largest absolute Gasteiger partial charge is 0.431 e. The summed E-state index contributed by atoms with van der Waals surface area (Å²) in [6.07, 6.45) is -0.829. The van der Waals surface area contributed by atoms with Crippen LogP contribution >= 0.6 is 23.2 Å². The minimum absolute atomic E-state index is 0.277. The summed E-state index contributed by atoms with van der Waals surface area (Å²) < 4.78 is 4.98. The Morgan fingerprint density at radius 2 is 1.62 bits per heavy atom. The van der Waals surface area contributed by atoms with Crippen molar-refractivity contribution >= 4 is 46.1 Å². The molecule has 24 heavy (non-hydrogen) atoms. The SMILES string of the molecule is O=C(NNC(=O)c1cc2cc(Cl)ccc2[nH]1)Oc1ccc(Cl)cc1. The third-order valence-electron chi connectivity index (χ3n) is 3.13. The van der Waals surface area contributed by atoms with Crippen molar-refractivity contribution in [2.45, 2.75) is 0 Å². The average molecular weight is 364 g/mol. The van der Waals surface area contributed by atoms with Crippen LogP contribution in [0.5, 0.6) is 5.75 Å². The fraction of sp³-hybridized carbons (Fsp3) is 0. The second-order valence-electron chi connectivity index (χ2n) is 4.84. The molecule has 0 radical (unpaired) electrons. The van der Waals surface area contributed by atoms with Gasteiger partial charge in [0.25, 0.3) is 5.91 Å². The molecule has 0 aliphatic carbocycles. The summed E-state index contributed by atoms with van der Waals surface area (Å²) in [5, 5.41) is 1.88. The Morgan fingerprint density at radius 3 is 2.38 bits per heavy atom. The van der Waals surface area contributed by atoms with Crippen LogP contribution in [0, 0.1) is 0 Å². The van der Waals surface area contributed by atoms with Crippen molar-refractivity contribution in [2.75, 3.05) is 0 Å². The third-order valence-corrected chi connectivity index (χ3v) is 3.62. The number of hydrazine groups is 1. The van der Waals surface area contributed by atoms with Crippen molar-refractivity contribution in [1.29, 1.82) is 0 Å². The van der Waals surface area contributed by atoms with Crippen LogP contribution in [0.3, 0.4) is 0 Å². The van der Waals surface area contributed by atoms with Gasteiger partial charge in [0.1, 0.15) is 11.4 Å². The molecule has 0 unspecified atom stereocenters. The van der Waals surface area contributed by atoms with E-state index in [4.69, 9.17) is 27.9 Å². The smallest absolute Gasteiger partial charge is 0.409 e. The lowest BCUT2D eigenvalue weighted by molar-refractivity contribution is 0.0924. The Labute approximate surface area is 146 Å². The first-order valence-electron chi connectivity index (χ1n) is 6.83. The lowest BCUT2D eigenvalue weighted by atomic mass is 10.2. The van der Waals surface area contributed by atoms with Gasteiger partial charge in [-0.1, -0.05) is 23.2 Å². The maximum Gasteiger partial charge on any atom is 0.431 e. The monoisotopic (exact) mass is 363 g/mol. The molecule has 0 saturated heterocycles. The van der Waals surface area contributed by atoms with Crippen LogP contribution in [0.4, 0.5) is 4.79 Å². The van der Waals surface area contributed by atoms with Crippen molar-refractivity contribution in [3.05, 3.63) is 64.3 Å². The zero-order valence-corrected chi connectivity index (χ0v) is 13.6. The average Bonchev–Trinajstić information content (AvgIpc) is 2.98. The zero-order valence-electron chi connectivity index (χ0n) is 12.1. The summed E-state index contributed by atoms with van der Waals surface area (Å²) in [6.45, 7) is 0. The van der Waals surface area contributed by atoms with Crippen LogP contribution in [-0.4, -0.2) is 17.0 Å². The predicted molar refractivity (Wildman–Crippen MR) is 91.4 cm³/mol. The van der Waals surface area contributed by atoms with Crippen LogP contribution in [0.1, 0.15) is 10.5 Å². The second-order valence-corrected chi connectivity index (χ2v) is 5.71. The molecule has 6 nitrogen and oxygen atoms in total. The number of hydrogen-bond acceptors (Lipinski definition) is 3. The van der Waals surface area contributed by atoms with Gasteiger partial charge in [-0.2, -0.15) is 0 Å². The fourth-order valence-corrected chi connectivity index (χ4v) is 2.34. The second kappa shape index (κ2) is 6.82. The minimum atomic E-state index is -0.829. The van der Waals surface area contributed by atoms with E-state index in [1.165, 1.54) is 12.1 Å². The van der Waals surface area contributed by atoms with Gasteiger partial charge in [-0.15, -0.1) is 0 Å². The highest BCUT2D eigenvalue weighted by molar-refractivity contribution is 6.31. The molecule has 3 rings (SSSR count). The number of hydrogen-bond donors (Lipinski definition) is 3. The molecule has 0 spiro atoms. The molecule has 0 aliphatic heterocycles. The maximum atomic E-state index is 12.0. The molecule has 122 valence electrons. The Balaban J connectivity index is 1.59. The summed E-state index contributed by atoms with van der Waals surface area (Å²) in [5.74, 6) is -0.221. The van der Waals surface area contributed by atoms with Crippen LogP contribution in [0.25, 0.3) is 10.9 Å². The van der Waals surface area contributed by atoms with Gasteiger partial charge >= 0.3 is 6.09 Å². The quantitative estimate of drug-likeness (QED) is 0.603. The molecule has 1 aromatic heterocycles. The van der Waals surface area contributed by atoms with Gasteiger partial charge in [0.15, 0.2) is 0 Å². The van der Waals surface area contributed by atoms with E-state index in [0.29, 0.717) is 15.8 Å². The van der Waals surface area contributed by atoms with E-state index < -0.39 is 12.0 Å². The highest BCUT2D eigenvalue weighted by Crippen LogP contribution is 2.20. The van der Waals surface area contributed by atoms with Gasteiger partial charge in [0.2, 0.25) is 0 Å². The van der Waals surface area contributed by atoms with E-state index in [1.807, 2.05) is 0 Å².